The summed E-state index contributed by atoms with van der Waals surface area (Å²) >= 11 is 7.06. The van der Waals surface area contributed by atoms with Gasteiger partial charge in [0, 0.05) is 34.7 Å². The Balaban J connectivity index is 1.23. The Bertz CT molecular complexity index is 4000. The van der Waals surface area contributed by atoms with Crippen molar-refractivity contribution in [3.63, 3.8) is 0 Å². The van der Waals surface area contributed by atoms with Gasteiger partial charge in [-0.25, -0.2) is 4.79 Å². The molecule has 0 spiro atoms. The van der Waals surface area contributed by atoms with Crippen LogP contribution in [0.15, 0.2) is 84.9 Å². The number of hydrogen-bond acceptors (Lipinski definition) is 25. The second-order valence-corrected chi connectivity index (χ2v) is 26.0. The molecule has 2 saturated heterocycles. The van der Waals surface area contributed by atoms with Crippen molar-refractivity contribution in [1.29, 1.82) is 0 Å². The first-order valence-electron chi connectivity index (χ1n) is 31.5. The van der Waals surface area contributed by atoms with Gasteiger partial charge in [-0.05, 0) is 110 Å². The molecule has 0 radical (unpaired) electrons. The van der Waals surface area contributed by atoms with E-state index in [1.165, 1.54) is 57.3 Å². The van der Waals surface area contributed by atoms with Crippen LogP contribution in [0.3, 0.4) is 0 Å². The highest BCUT2D eigenvalue weighted by molar-refractivity contribution is 6.32. The Hall–Kier alpha value is -9.49. The maximum Gasteiger partial charge on any atom is 0.330 e. The number of halogens is 1. The summed E-state index contributed by atoms with van der Waals surface area (Å²) in [6.45, 7) is 5.70. The maximum atomic E-state index is 16.0. The maximum absolute atomic E-state index is 16.0. The van der Waals surface area contributed by atoms with Crippen molar-refractivity contribution in [3.8, 4) is 57.1 Å². The third-order valence-corrected chi connectivity index (χ3v) is 18.0. The number of amides is 7. The summed E-state index contributed by atoms with van der Waals surface area (Å²) in [5.74, 6) is -15.4. The molecule has 100 heavy (non-hydrogen) atoms. The van der Waals surface area contributed by atoms with Crippen LogP contribution in [0.2, 0.25) is 5.02 Å². The van der Waals surface area contributed by atoms with E-state index in [0.29, 0.717) is 0 Å². The SMILES string of the molecule is CN[C@H](CC(C)C)C(=O)N[C@H]1C(=O)N[C@@H](CC(N)=O)C(=O)NC2C(=O)N[C@H]3C(=O)N[C@H](C(=O)N[C@H](C(=O)O)c4cc(O)cc(O)c4-c4cc3ccc4O)[C@H](O)c3ccc(cc3)Oc3cc2cc(c3OC2OC(CO)C(O)C(O)C2OC2CC(C)(N)C(O)C(C)O2)Oc2ccc(cc2Cl)[C@H]1O. The van der Waals surface area contributed by atoms with Gasteiger partial charge >= 0.3 is 5.97 Å². The lowest BCUT2D eigenvalue weighted by Crippen LogP contribution is -2.64. The van der Waals surface area contributed by atoms with Crippen LogP contribution in [0.25, 0.3) is 11.1 Å². The van der Waals surface area contributed by atoms with Crippen molar-refractivity contribution < 1.29 is 118 Å². The number of aromatic hydroxyl groups is 3. The average Bonchev–Trinajstić information content (AvgIpc) is 0.772. The predicted molar refractivity (Wildman–Crippen MR) is 344 cm³/mol. The van der Waals surface area contributed by atoms with E-state index >= 15 is 14.4 Å². The summed E-state index contributed by atoms with van der Waals surface area (Å²) in [6, 6.07) is 1.22. The minimum absolute atomic E-state index is 0.0909. The molecule has 34 heteroatoms. The number of nitrogens with two attached hydrogens (primary N) is 2. The molecular formula is C66H76ClN9O24. The van der Waals surface area contributed by atoms with Gasteiger partial charge in [-0.3, -0.25) is 33.6 Å². The van der Waals surface area contributed by atoms with E-state index in [0.717, 1.165) is 48.5 Å². The number of phenols is 3. The van der Waals surface area contributed by atoms with Crippen LogP contribution in [0.5, 0.6) is 46.0 Å². The molecule has 7 aliphatic heterocycles. The van der Waals surface area contributed by atoms with Crippen molar-refractivity contribution in [1.82, 2.24) is 37.2 Å². The second kappa shape index (κ2) is 29.8. The van der Waals surface area contributed by atoms with Crippen LogP contribution in [-0.2, 0) is 52.6 Å². The number of aliphatic hydroxyl groups excluding tert-OH is 6. The monoisotopic (exact) mass is 1410 g/mol. The molecule has 18 atom stereocenters. The number of carboxylic acids is 1. The van der Waals surface area contributed by atoms with Crippen molar-refractivity contribution in [2.24, 2.45) is 17.4 Å². The zero-order chi connectivity index (χ0) is 72.7. The van der Waals surface area contributed by atoms with Crippen LogP contribution >= 0.6 is 11.6 Å². The van der Waals surface area contributed by atoms with Gasteiger partial charge in [0.1, 0.15) is 89.5 Å². The zero-order valence-electron chi connectivity index (χ0n) is 54.0. The Morgan fingerprint density at radius 2 is 1.38 bits per heavy atom. The third kappa shape index (κ3) is 15.4. The van der Waals surface area contributed by atoms with Gasteiger partial charge in [0.25, 0.3) is 0 Å². The number of nitrogens with one attached hydrogen (secondary N) is 7. The van der Waals surface area contributed by atoms with Gasteiger partial charge in [0.15, 0.2) is 29.9 Å². The summed E-state index contributed by atoms with van der Waals surface area (Å²) in [5, 5.41) is 131. The molecule has 33 nitrogen and oxygen atoms in total. The first-order chi connectivity index (χ1) is 47.2. The number of hydrogen-bond donors (Lipinski definition) is 19. The molecule has 11 bridgehead atoms. The number of aliphatic hydroxyl groups is 6. The lowest BCUT2D eigenvalue weighted by Gasteiger charge is -2.47. The molecule has 0 saturated carbocycles. The summed E-state index contributed by atoms with van der Waals surface area (Å²) in [6.07, 6.45) is -18.2. The highest BCUT2D eigenvalue weighted by Gasteiger charge is 2.51. The number of phenolic OH excluding ortho intramolecular Hbond substituents is 3. The summed E-state index contributed by atoms with van der Waals surface area (Å²) in [5.41, 5.74) is 8.26. The molecule has 7 aliphatic rings. The number of benzene rings is 5. The fourth-order valence-corrected chi connectivity index (χ4v) is 12.7. The number of rotatable bonds is 13. The minimum Gasteiger partial charge on any atom is -0.508 e. The fraction of sp³-hybridized carbons (Fsp3) is 0.424. The summed E-state index contributed by atoms with van der Waals surface area (Å²) < 4.78 is 38.3. The highest BCUT2D eigenvalue weighted by atomic mass is 35.5. The van der Waals surface area contributed by atoms with Crippen LogP contribution in [0, 0.1) is 5.92 Å². The van der Waals surface area contributed by atoms with Crippen LogP contribution in [0.1, 0.15) is 105 Å². The highest BCUT2D eigenvalue weighted by Crippen LogP contribution is 2.49. The molecule has 536 valence electrons. The Morgan fingerprint density at radius 1 is 0.730 bits per heavy atom. The minimum atomic E-state index is -2.31. The van der Waals surface area contributed by atoms with E-state index < -0.39 is 226 Å². The lowest BCUT2D eigenvalue weighted by atomic mass is 9.86. The Kier molecular flexibility index (Phi) is 21.8. The molecule has 2 fully saturated rings. The summed E-state index contributed by atoms with van der Waals surface area (Å²) in [4.78, 5) is 117. The topological polar surface area (TPSA) is 530 Å². The number of carboxylic acid groups (broad SMARTS) is 1. The molecule has 10 unspecified atom stereocenters. The summed E-state index contributed by atoms with van der Waals surface area (Å²) in [7, 11) is 1.48. The second-order valence-electron chi connectivity index (χ2n) is 25.6. The van der Waals surface area contributed by atoms with E-state index in [2.05, 4.69) is 37.2 Å². The number of carbonyl (C=O) groups is 8. The molecular weight excluding hydrogens is 1340 g/mol. The molecule has 0 aliphatic carbocycles. The number of aliphatic carboxylic acids is 1. The van der Waals surface area contributed by atoms with Crippen molar-refractivity contribution in [2.45, 2.75) is 156 Å². The number of likely N-dealkylation sites (N-methyl/N-ethyl adjacent to an activating group) is 1. The smallest absolute Gasteiger partial charge is 0.330 e. The van der Waals surface area contributed by atoms with Crippen LogP contribution in [0.4, 0.5) is 0 Å². The zero-order valence-corrected chi connectivity index (χ0v) is 54.8. The average molecular weight is 1410 g/mol. The van der Waals surface area contributed by atoms with E-state index in [1.807, 2.05) is 13.8 Å². The standard InChI is InChI=1S/C66H76ClN9O24/c1-24(2)14-35(70-5)58(87)75-50-52(83)28-9-13-39(34(67)16-28)97-41-18-29-17-40(55(41)100-65-56(54(85)53(84)42(23-77)98-65)99-44-22-66(4,69)57(86)25(3)95-44)96-31-10-6-26(7-11-31)51(82)49-63(92)74-48(64(93)94)33-19-30(78)20-38(80)45(33)32-15-27(8-12-37(32)79)46(60(89)76-49)73-61(90)47(29)72-59(88)36(21-43(68)81)71-62(50)91/h6-13,15-20,24-25,35-36,42,44,46-54,56-57,65,70,77-80,82-86H,14,21-23,69H2,1-5H3,(H2,68,81)(H,71,91)(H,72,88)(H,73,90)(H,74,92)(H,75,87)(H,76,89)(H,93,94)/t25?,35-,36+,42?,44?,46-,47?,48+,49+,50-,51-,52-,53?,54?,56?,57?,65?,66?/m1/s1. The van der Waals surface area contributed by atoms with Crippen LogP contribution < -0.4 is 62.9 Å². The largest absolute Gasteiger partial charge is 0.508 e. The fourth-order valence-electron chi connectivity index (χ4n) is 12.5. The molecule has 0 aromatic heterocycles. The van der Waals surface area contributed by atoms with Crippen molar-refractivity contribution in [2.75, 3.05) is 13.7 Å². The lowest BCUT2D eigenvalue weighted by molar-refractivity contribution is -0.333. The van der Waals surface area contributed by atoms with Gasteiger partial charge in [-0.15, -0.1) is 0 Å². The molecule has 12 rings (SSSR count). The molecule has 5 aromatic rings. The quantitative estimate of drug-likeness (QED) is 0.0703. The van der Waals surface area contributed by atoms with E-state index in [1.54, 1.807) is 0 Å². The number of fused-ring (bicyclic) bond motifs is 15. The first-order valence-corrected chi connectivity index (χ1v) is 31.9. The first kappa shape index (κ1) is 73.2. The molecule has 7 amide bonds. The molecule has 5 aromatic carbocycles. The van der Waals surface area contributed by atoms with E-state index in [4.69, 9.17) is 51.5 Å². The normalized spacial score (nSPS) is 29.6. The predicted octanol–water partition coefficient (Wildman–Crippen LogP) is -0.547. The van der Waals surface area contributed by atoms with Gasteiger partial charge in [0.05, 0.1) is 36.3 Å². The third-order valence-electron chi connectivity index (χ3n) is 17.7. The van der Waals surface area contributed by atoms with Crippen LogP contribution in [-0.4, -0.2) is 191 Å². The number of carbonyl (C=O) groups excluding carboxylic acids is 7. The number of ether oxygens (including phenoxy) is 6. The van der Waals surface area contributed by atoms with Gasteiger partial charge < -0.3 is 128 Å². The van der Waals surface area contributed by atoms with E-state index in [-0.39, 0.29) is 52.0 Å². The van der Waals surface area contributed by atoms with Crippen molar-refractivity contribution >= 4 is 58.9 Å². The number of primary amides is 1. The van der Waals surface area contributed by atoms with E-state index in [9.17, 15) is 75.0 Å². The van der Waals surface area contributed by atoms with Gasteiger partial charge in [0.2, 0.25) is 53.4 Å². The molecule has 21 N–H and O–H groups in total. The Morgan fingerprint density at radius 3 is 2.02 bits per heavy atom. The molecule has 7 heterocycles. The van der Waals surface area contributed by atoms with Gasteiger partial charge in [-0.1, -0.05) is 49.7 Å². The van der Waals surface area contributed by atoms with Crippen molar-refractivity contribution in [3.05, 3.63) is 118 Å². The Labute approximate surface area is 574 Å². The van der Waals surface area contributed by atoms with Gasteiger partial charge in [-0.2, -0.15) is 0 Å².